The van der Waals surface area contributed by atoms with Crippen molar-refractivity contribution >= 4 is 5.78 Å². The van der Waals surface area contributed by atoms with Gasteiger partial charge in [0.1, 0.15) is 11.7 Å². The summed E-state index contributed by atoms with van der Waals surface area (Å²) in [7, 11) is 0. The van der Waals surface area contributed by atoms with Crippen LogP contribution >= 0.6 is 0 Å². The Morgan fingerprint density at radius 1 is 1.50 bits per heavy atom. The van der Waals surface area contributed by atoms with Gasteiger partial charge in [-0.05, 0) is 31.0 Å². The molecule has 3 atom stereocenters. The fraction of sp³-hybridized carbons (Fsp3) is 0.429. The van der Waals surface area contributed by atoms with Crippen LogP contribution in [-0.2, 0) is 9.53 Å². The number of benzene rings is 1. The summed E-state index contributed by atoms with van der Waals surface area (Å²) in [6.07, 6.45) is 0.713. The summed E-state index contributed by atoms with van der Waals surface area (Å²) in [5, 5.41) is 9.14. The van der Waals surface area contributed by atoms with Gasteiger partial charge in [0, 0.05) is 5.92 Å². The average molecular weight is 247 g/mol. The fourth-order valence-electron chi connectivity index (χ4n) is 2.21. The Balaban J connectivity index is 2.16. The molecule has 1 aliphatic rings. The summed E-state index contributed by atoms with van der Waals surface area (Å²) >= 11 is 0. The first kappa shape index (κ1) is 12.7. The van der Waals surface area contributed by atoms with Crippen LogP contribution in [0.4, 0.5) is 4.39 Å². The van der Waals surface area contributed by atoms with Crippen molar-refractivity contribution < 1.29 is 13.9 Å². The van der Waals surface area contributed by atoms with E-state index in [1.807, 2.05) is 13.0 Å². The van der Waals surface area contributed by atoms with Crippen LogP contribution in [0.2, 0.25) is 0 Å². The molecule has 94 valence electrons. The van der Waals surface area contributed by atoms with Crippen molar-refractivity contribution in [3.8, 4) is 6.07 Å². The summed E-state index contributed by atoms with van der Waals surface area (Å²) in [5.41, 5.74) is 0.545. The van der Waals surface area contributed by atoms with Crippen LogP contribution in [0.25, 0.3) is 0 Å². The van der Waals surface area contributed by atoms with E-state index in [0.29, 0.717) is 18.6 Å². The highest BCUT2D eigenvalue weighted by Crippen LogP contribution is 2.27. The van der Waals surface area contributed by atoms with Gasteiger partial charge >= 0.3 is 0 Å². The molecule has 0 spiro atoms. The van der Waals surface area contributed by atoms with E-state index in [1.54, 1.807) is 0 Å². The van der Waals surface area contributed by atoms with Crippen molar-refractivity contribution in [2.24, 2.45) is 5.92 Å². The summed E-state index contributed by atoms with van der Waals surface area (Å²) in [4.78, 5) is 12.2. The topological polar surface area (TPSA) is 50.1 Å². The molecule has 0 bridgehead atoms. The second kappa shape index (κ2) is 5.28. The molecule has 2 rings (SSSR count). The number of nitriles is 1. The van der Waals surface area contributed by atoms with Gasteiger partial charge in [0.05, 0.1) is 18.8 Å². The molecule has 1 heterocycles. The summed E-state index contributed by atoms with van der Waals surface area (Å²) in [6, 6.07) is 7.50. The van der Waals surface area contributed by atoms with Crippen molar-refractivity contribution in [2.45, 2.75) is 25.4 Å². The van der Waals surface area contributed by atoms with Crippen LogP contribution in [0.3, 0.4) is 0 Å². The van der Waals surface area contributed by atoms with Crippen molar-refractivity contribution in [1.29, 1.82) is 5.26 Å². The lowest BCUT2D eigenvalue weighted by atomic mass is 9.87. The number of carbonyl (C=O) groups excluding carboxylic acids is 1. The normalized spacial score (nSPS) is 24.5. The van der Waals surface area contributed by atoms with Gasteiger partial charge in [-0.25, -0.2) is 4.39 Å². The molecule has 1 aliphatic heterocycles. The Hall–Kier alpha value is -1.73. The summed E-state index contributed by atoms with van der Waals surface area (Å²) < 4.78 is 18.2. The number of hydrogen-bond donors (Lipinski definition) is 0. The van der Waals surface area contributed by atoms with E-state index in [0.717, 1.165) is 0 Å². The van der Waals surface area contributed by atoms with E-state index in [-0.39, 0.29) is 23.6 Å². The highest BCUT2D eigenvalue weighted by Gasteiger charge is 2.33. The molecule has 0 radical (unpaired) electrons. The van der Waals surface area contributed by atoms with E-state index in [9.17, 15) is 9.18 Å². The van der Waals surface area contributed by atoms with Gasteiger partial charge in [-0.3, -0.25) is 4.79 Å². The van der Waals surface area contributed by atoms with Crippen molar-refractivity contribution in [1.82, 2.24) is 0 Å². The predicted octanol–water partition coefficient (Wildman–Crippen LogP) is 2.43. The van der Waals surface area contributed by atoms with E-state index in [4.69, 9.17) is 10.00 Å². The molecule has 0 N–H and O–H groups in total. The zero-order valence-corrected chi connectivity index (χ0v) is 10.1. The average Bonchev–Trinajstić information content (AvgIpc) is 2.79. The molecule has 1 fully saturated rings. The highest BCUT2D eigenvalue weighted by molar-refractivity contribution is 5.90. The van der Waals surface area contributed by atoms with Crippen LogP contribution < -0.4 is 0 Å². The third-order valence-electron chi connectivity index (χ3n) is 3.22. The summed E-state index contributed by atoms with van der Waals surface area (Å²) in [6.45, 7) is 2.28. The zero-order valence-electron chi connectivity index (χ0n) is 10.1. The van der Waals surface area contributed by atoms with Crippen molar-refractivity contribution in [3.05, 3.63) is 35.6 Å². The zero-order chi connectivity index (χ0) is 13.1. The van der Waals surface area contributed by atoms with Crippen molar-refractivity contribution in [2.75, 3.05) is 6.61 Å². The third-order valence-corrected chi connectivity index (χ3v) is 3.22. The monoisotopic (exact) mass is 247 g/mol. The molecule has 0 aromatic heterocycles. The molecule has 18 heavy (non-hydrogen) atoms. The molecule has 3 nitrogen and oxygen atoms in total. The van der Waals surface area contributed by atoms with Gasteiger partial charge in [0.25, 0.3) is 0 Å². The maximum Gasteiger partial charge on any atom is 0.159 e. The standard InChI is InChI=1S/C14H14FNO2/c1-9-6-11(8-18-9)14(17)13(7-16)10-2-4-12(15)5-3-10/h2-5,9,11,13H,6,8H2,1H3. The van der Waals surface area contributed by atoms with E-state index >= 15 is 0 Å². The summed E-state index contributed by atoms with van der Waals surface area (Å²) in [5.74, 6) is -1.56. The minimum absolute atomic E-state index is 0.0616. The first-order chi connectivity index (χ1) is 8.61. The Kier molecular flexibility index (Phi) is 3.73. The van der Waals surface area contributed by atoms with Crippen LogP contribution in [0.5, 0.6) is 0 Å². The quantitative estimate of drug-likeness (QED) is 0.824. The number of nitrogens with zero attached hydrogens (tertiary/aromatic N) is 1. The molecular formula is C14H14FNO2. The van der Waals surface area contributed by atoms with E-state index in [1.165, 1.54) is 24.3 Å². The second-order valence-corrected chi connectivity index (χ2v) is 4.59. The Bertz CT molecular complexity index is 478. The molecule has 1 aromatic carbocycles. The number of rotatable bonds is 3. The number of carbonyl (C=O) groups is 1. The lowest BCUT2D eigenvalue weighted by Crippen LogP contribution is -2.21. The minimum atomic E-state index is -0.829. The molecule has 1 aromatic rings. The van der Waals surface area contributed by atoms with Gasteiger partial charge in [-0.2, -0.15) is 5.26 Å². The Morgan fingerprint density at radius 2 is 2.17 bits per heavy atom. The highest BCUT2D eigenvalue weighted by atomic mass is 19.1. The maximum atomic E-state index is 12.8. The van der Waals surface area contributed by atoms with Crippen LogP contribution in [0.15, 0.2) is 24.3 Å². The first-order valence-corrected chi connectivity index (χ1v) is 5.92. The number of hydrogen-bond acceptors (Lipinski definition) is 3. The third kappa shape index (κ3) is 2.57. The van der Waals surface area contributed by atoms with Gasteiger partial charge < -0.3 is 4.74 Å². The Morgan fingerprint density at radius 3 is 2.67 bits per heavy atom. The second-order valence-electron chi connectivity index (χ2n) is 4.59. The molecule has 0 saturated carbocycles. The molecule has 3 unspecified atom stereocenters. The maximum absolute atomic E-state index is 12.8. The fourth-order valence-corrected chi connectivity index (χ4v) is 2.21. The minimum Gasteiger partial charge on any atom is -0.378 e. The molecule has 4 heteroatoms. The SMILES string of the molecule is CC1CC(C(=O)C(C#N)c2ccc(F)cc2)CO1. The van der Waals surface area contributed by atoms with Crippen LogP contribution in [0, 0.1) is 23.1 Å². The predicted molar refractivity (Wildman–Crippen MR) is 63.3 cm³/mol. The van der Waals surface area contributed by atoms with Gasteiger partial charge in [-0.1, -0.05) is 12.1 Å². The van der Waals surface area contributed by atoms with Crippen LogP contribution in [0.1, 0.15) is 24.8 Å². The number of Topliss-reactive ketones (excluding diaryl/α,β-unsaturated/α-hetero) is 1. The van der Waals surface area contributed by atoms with Crippen LogP contribution in [-0.4, -0.2) is 18.5 Å². The number of halogens is 1. The lowest BCUT2D eigenvalue weighted by molar-refractivity contribution is -0.123. The van der Waals surface area contributed by atoms with Crippen molar-refractivity contribution in [3.63, 3.8) is 0 Å². The molecule has 0 aliphatic carbocycles. The largest absolute Gasteiger partial charge is 0.378 e. The number of ether oxygens (including phenoxy) is 1. The van der Waals surface area contributed by atoms with Gasteiger partial charge in [0.15, 0.2) is 5.78 Å². The van der Waals surface area contributed by atoms with Gasteiger partial charge in [-0.15, -0.1) is 0 Å². The van der Waals surface area contributed by atoms with E-state index in [2.05, 4.69) is 0 Å². The number of ketones is 1. The van der Waals surface area contributed by atoms with E-state index < -0.39 is 5.92 Å². The molecule has 1 saturated heterocycles. The first-order valence-electron chi connectivity index (χ1n) is 5.92. The smallest absolute Gasteiger partial charge is 0.159 e. The lowest BCUT2D eigenvalue weighted by Gasteiger charge is -2.12. The molecule has 0 amide bonds. The molecular weight excluding hydrogens is 233 g/mol. The van der Waals surface area contributed by atoms with Gasteiger partial charge in [0.2, 0.25) is 0 Å². The Labute approximate surface area is 105 Å².